The number of aromatic nitrogens is 1. The first-order valence-electron chi connectivity index (χ1n) is 8.58. The first-order valence-corrected chi connectivity index (χ1v) is 8.58. The third kappa shape index (κ3) is 2.85. The van der Waals surface area contributed by atoms with Gasteiger partial charge in [0.2, 0.25) is 0 Å². The first kappa shape index (κ1) is 15.4. The van der Waals surface area contributed by atoms with Crippen LogP contribution in [0, 0.1) is 0 Å². The highest BCUT2D eigenvalue weighted by molar-refractivity contribution is 5.82. The number of rotatable bonds is 6. The molecule has 5 heteroatoms. The van der Waals surface area contributed by atoms with Gasteiger partial charge in [0.05, 0.1) is 12.2 Å². The van der Waals surface area contributed by atoms with Crippen molar-refractivity contribution in [2.75, 3.05) is 20.1 Å². The maximum absolute atomic E-state index is 5.99. The van der Waals surface area contributed by atoms with Crippen LogP contribution in [0.3, 0.4) is 0 Å². The molecule has 1 aliphatic rings. The fourth-order valence-electron chi connectivity index (χ4n) is 3.29. The Balaban J connectivity index is 1.49. The maximum Gasteiger partial charge on any atom is 0.150 e. The van der Waals surface area contributed by atoms with E-state index in [2.05, 4.69) is 47.5 Å². The second-order valence-electron chi connectivity index (χ2n) is 6.60. The molecule has 3 heterocycles. The molecule has 5 nitrogen and oxygen atoms in total. The smallest absolute Gasteiger partial charge is 0.150 e. The van der Waals surface area contributed by atoms with Gasteiger partial charge in [-0.2, -0.15) is 0 Å². The average Bonchev–Trinajstić information content (AvgIpc) is 3.11. The quantitative estimate of drug-likeness (QED) is 0.753. The van der Waals surface area contributed by atoms with E-state index in [9.17, 15) is 0 Å². The van der Waals surface area contributed by atoms with E-state index in [-0.39, 0.29) is 0 Å². The van der Waals surface area contributed by atoms with Gasteiger partial charge in [-0.15, -0.1) is 0 Å². The maximum atomic E-state index is 5.99. The SMILES string of the molecule is CCc1oc2ccccc2c1CN(C)Cc1cc(C2CNC2)no1. The predicted octanol–water partition coefficient (Wildman–Crippen LogP) is 3.30. The van der Waals surface area contributed by atoms with Gasteiger partial charge in [0.25, 0.3) is 0 Å². The minimum atomic E-state index is 0.511. The Morgan fingerprint density at radius 3 is 2.83 bits per heavy atom. The average molecular weight is 325 g/mol. The number of hydrogen-bond donors (Lipinski definition) is 1. The predicted molar refractivity (Wildman–Crippen MR) is 92.9 cm³/mol. The van der Waals surface area contributed by atoms with Gasteiger partial charge in [0, 0.05) is 49.0 Å². The Kier molecular flexibility index (Phi) is 4.12. The monoisotopic (exact) mass is 325 g/mol. The number of furan rings is 1. The molecule has 2 aromatic heterocycles. The number of aryl methyl sites for hydroxylation is 1. The Morgan fingerprint density at radius 1 is 1.25 bits per heavy atom. The van der Waals surface area contributed by atoms with E-state index >= 15 is 0 Å². The van der Waals surface area contributed by atoms with Crippen molar-refractivity contribution in [3.8, 4) is 0 Å². The zero-order valence-corrected chi connectivity index (χ0v) is 14.2. The van der Waals surface area contributed by atoms with Crippen LogP contribution in [0.5, 0.6) is 0 Å². The Morgan fingerprint density at radius 2 is 2.08 bits per heavy atom. The summed E-state index contributed by atoms with van der Waals surface area (Å²) >= 11 is 0. The minimum absolute atomic E-state index is 0.511. The summed E-state index contributed by atoms with van der Waals surface area (Å²) in [7, 11) is 2.11. The van der Waals surface area contributed by atoms with Crippen LogP contribution >= 0.6 is 0 Å². The minimum Gasteiger partial charge on any atom is -0.461 e. The molecule has 3 aromatic rings. The van der Waals surface area contributed by atoms with E-state index in [0.717, 1.165) is 55.4 Å². The molecule has 0 aliphatic carbocycles. The fourth-order valence-corrected chi connectivity index (χ4v) is 3.29. The highest BCUT2D eigenvalue weighted by Gasteiger charge is 2.23. The summed E-state index contributed by atoms with van der Waals surface area (Å²) in [6.45, 7) is 5.72. The van der Waals surface area contributed by atoms with Crippen molar-refractivity contribution in [1.29, 1.82) is 0 Å². The van der Waals surface area contributed by atoms with Crippen LogP contribution in [0.1, 0.15) is 35.6 Å². The lowest BCUT2D eigenvalue weighted by atomic mass is 9.99. The van der Waals surface area contributed by atoms with Crippen LogP contribution in [-0.2, 0) is 19.5 Å². The molecule has 1 aromatic carbocycles. The zero-order valence-electron chi connectivity index (χ0n) is 14.2. The van der Waals surface area contributed by atoms with Gasteiger partial charge in [0.15, 0.2) is 5.76 Å². The van der Waals surface area contributed by atoms with Crippen LogP contribution in [-0.4, -0.2) is 30.2 Å². The van der Waals surface area contributed by atoms with E-state index in [4.69, 9.17) is 8.94 Å². The molecular formula is C19H23N3O2. The number of hydrogen-bond acceptors (Lipinski definition) is 5. The lowest BCUT2D eigenvalue weighted by Gasteiger charge is -2.24. The van der Waals surface area contributed by atoms with Crippen LogP contribution in [0.4, 0.5) is 0 Å². The van der Waals surface area contributed by atoms with E-state index in [1.807, 2.05) is 12.1 Å². The highest BCUT2D eigenvalue weighted by Crippen LogP contribution is 2.28. The van der Waals surface area contributed by atoms with E-state index in [0.29, 0.717) is 5.92 Å². The number of benzene rings is 1. The normalized spacial score (nSPS) is 15.3. The number of para-hydroxylation sites is 1. The van der Waals surface area contributed by atoms with Crippen LogP contribution in [0.15, 0.2) is 39.3 Å². The zero-order chi connectivity index (χ0) is 16.5. The molecule has 126 valence electrons. The van der Waals surface area contributed by atoms with E-state index < -0.39 is 0 Å². The molecule has 24 heavy (non-hydrogen) atoms. The fraction of sp³-hybridized carbons (Fsp3) is 0.421. The van der Waals surface area contributed by atoms with Gasteiger partial charge in [-0.3, -0.25) is 4.90 Å². The number of nitrogens with zero attached hydrogens (tertiary/aromatic N) is 2. The van der Waals surface area contributed by atoms with Gasteiger partial charge >= 0.3 is 0 Å². The van der Waals surface area contributed by atoms with Crippen molar-refractivity contribution in [2.45, 2.75) is 32.4 Å². The third-order valence-electron chi connectivity index (χ3n) is 4.73. The molecule has 0 saturated carbocycles. The van der Waals surface area contributed by atoms with Gasteiger partial charge < -0.3 is 14.3 Å². The summed E-state index contributed by atoms with van der Waals surface area (Å²) in [4.78, 5) is 2.25. The van der Waals surface area contributed by atoms with Gasteiger partial charge in [-0.1, -0.05) is 30.3 Å². The van der Waals surface area contributed by atoms with Crippen LogP contribution in [0.2, 0.25) is 0 Å². The van der Waals surface area contributed by atoms with Gasteiger partial charge in [0.1, 0.15) is 11.3 Å². The van der Waals surface area contributed by atoms with E-state index in [1.165, 1.54) is 10.9 Å². The standard InChI is InChI=1S/C19H23N3O2/c1-3-18-16(15-6-4-5-7-19(15)23-18)12-22(2)11-14-8-17(21-24-14)13-9-20-10-13/h4-8,13,20H,3,9-12H2,1-2H3. The summed E-state index contributed by atoms with van der Waals surface area (Å²) in [6, 6.07) is 10.3. The Bertz CT molecular complexity index is 832. The van der Waals surface area contributed by atoms with Crippen LogP contribution in [0.25, 0.3) is 11.0 Å². The molecule has 0 amide bonds. The van der Waals surface area contributed by atoms with Crippen molar-refractivity contribution < 1.29 is 8.94 Å². The summed E-state index contributed by atoms with van der Waals surface area (Å²) in [5.41, 5.74) is 3.32. The van der Waals surface area contributed by atoms with Gasteiger partial charge in [-0.25, -0.2) is 0 Å². The van der Waals surface area contributed by atoms with Crippen molar-refractivity contribution >= 4 is 11.0 Å². The Hall–Kier alpha value is -2.11. The van der Waals surface area contributed by atoms with Gasteiger partial charge in [-0.05, 0) is 13.1 Å². The summed E-state index contributed by atoms with van der Waals surface area (Å²) < 4.78 is 11.5. The lowest BCUT2D eigenvalue weighted by molar-refractivity contribution is 0.263. The molecule has 1 N–H and O–H groups in total. The van der Waals surface area contributed by atoms with E-state index in [1.54, 1.807) is 0 Å². The lowest BCUT2D eigenvalue weighted by Crippen LogP contribution is -2.40. The summed E-state index contributed by atoms with van der Waals surface area (Å²) in [6.07, 6.45) is 0.902. The summed E-state index contributed by atoms with van der Waals surface area (Å²) in [5.74, 6) is 2.50. The molecule has 1 fully saturated rings. The topological polar surface area (TPSA) is 54.4 Å². The van der Waals surface area contributed by atoms with Crippen molar-refractivity contribution in [3.05, 3.63) is 53.1 Å². The number of nitrogens with one attached hydrogen (secondary N) is 1. The molecule has 4 rings (SSSR count). The first-order chi connectivity index (χ1) is 11.7. The Labute approximate surface area is 141 Å². The molecule has 0 unspecified atom stereocenters. The second-order valence-corrected chi connectivity index (χ2v) is 6.60. The highest BCUT2D eigenvalue weighted by atomic mass is 16.5. The molecule has 0 spiro atoms. The molecule has 0 bridgehead atoms. The second kappa shape index (κ2) is 6.42. The van der Waals surface area contributed by atoms with Crippen LogP contribution < -0.4 is 5.32 Å². The largest absolute Gasteiger partial charge is 0.461 e. The van der Waals surface area contributed by atoms with Crippen molar-refractivity contribution in [1.82, 2.24) is 15.4 Å². The molecule has 0 radical (unpaired) electrons. The van der Waals surface area contributed by atoms with Crippen molar-refractivity contribution in [3.63, 3.8) is 0 Å². The third-order valence-corrected chi connectivity index (χ3v) is 4.73. The molecule has 1 saturated heterocycles. The van der Waals surface area contributed by atoms with Crippen molar-refractivity contribution in [2.24, 2.45) is 0 Å². The number of fused-ring (bicyclic) bond motifs is 1. The molecule has 1 aliphatic heterocycles. The molecule has 0 atom stereocenters. The molecular weight excluding hydrogens is 302 g/mol. The summed E-state index contributed by atoms with van der Waals surface area (Å²) in [5, 5.41) is 8.69.